The van der Waals surface area contributed by atoms with E-state index in [4.69, 9.17) is 4.74 Å². The molecule has 0 aliphatic carbocycles. The van der Waals surface area contributed by atoms with E-state index in [9.17, 15) is 19.2 Å². The fraction of sp³-hybridized carbons (Fsp3) is 0.385. The summed E-state index contributed by atoms with van der Waals surface area (Å²) in [6, 6.07) is 12.8. The minimum Gasteiger partial charge on any atom is -0.454 e. The molecule has 0 bridgehead atoms. The number of amides is 2. The van der Waals surface area contributed by atoms with E-state index in [0.717, 1.165) is 5.56 Å². The van der Waals surface area contributed by atoms with E-state index >= 15 is 0 Å². The van der Waals surface area contributed by atoms with Gasteiger partial charge in [0.05, 0.1) is 0 Å². The van der Waals surface area contributed by atoms with Crippen LogP contribution in [0.25, 0.3) is 0 Å². The first-order valence-electron chi connectivity index (χ1n) is 10.9. The molecule has 2 amide bonds. The Kier molecular flexibility index (Phi) is 8.51. The van der Waals surface area contributed by atoms with E-state index in [1.54, 1.807) is 50.2 Å². The largest absolute Gasteiger partial charge is 0.454 e. The number of carbonyl (C=O) groups is 4. The number of ether oxygens (including phenoxy) is 1. The van der Waals surface area contributed by atoms with Crippen LogP contribution >= 0.6 is 0 Å². The lowest BCUT2D eigenvalue weighted by Crippen LogP contribution is -2.46. The van der Waals surface area contributed by atoms with Gasteiger partial charge in [0.15, 0.2) is 12.4 Å². The normalized spacial score (nSPS) is 12.1. The summed E-state index contributed by atoms with van der Waals surface area (Å²) < 4.78 is 5.15. The molecule has 0 radical (unpaired) electrons. The second kappa shape index (κ2) is 10.9. The third-order valence-corrected chi connectivity index (χ3v) is 5.12. The third-order valence-electron chi connectivity index (χ3n) is 5.12. The molecule has 2 aromatic rings. The maximum Gasteiger partial charge on any atom is 0.329 e. The van der Waals surface area contributed by atoms with Gasteiger partial charge < -0.3 is 15.4 Å². The van der Waals surface area contributed by atoms with Gasteiger partial charge in [0, 0.05) is 16.8 Å². The van der Waals surface area contributed by atoms with Crippen LogP contribution in [-0.4, -0.2) is 36.2 Å². The Balaban J connectivity index is 1.96. The molecule has 2 N–H and O–H groups in total. The van der Waals surface area contributed by atoms with E-state index in [2.05, 4.69) is 31.4 Å². The summed E-state index contributed by atoms with van der Waals surface area (Å²) in [5, 5.41) is 5.29. The van der Waals surface area contributed by atoms with Gasteiger partial charge >= 0.3 is 5.97 Å². The summed E-state index contributed by atoms with van der Waals surface area (Å²) >= 11 is 0. The Labute approximate surface area is 194 Å². The highest BCUT2D eigenvalue weighted by Crippen LogP contribution is 2.22. The van der Waals surface area contributed by atoms with Crippen molar-refractivity contribution in [2.24, 2.45) is 5.92 Å². The summed E-state index contributed by atoms with van der Waals surface area (Å²) in [4.78, 5) is 48.9. The van der Waals surface area contributed by atoms with Crippen molar-refractivity contribution < 1.29 is 23.9 Å². The lowest BCUT2D eigenvalue weighted by molar-refractivity contribution is -0.150. The number of nitrogens with one attached hydrogen (secondary N) is 2. The van der Waals surface area contributed by atoms with E-state index in [1.165, 1.54) is 6.92 Å². The Bertz CT molecular complexity index is 1020. The highest BCUT2D eigenvalue weighted by molar-refractivity contribution is 5.99. The first-order valence-corrected chi connectivity index (χ1v) is 10.9. The fourth-order valence-electron chi connectivity index (χ4n) is 3.08. The van der Waals surface area contributed by atoms with Crippen molar-refractivity contribution in [1.29, 1.82) is 0 Å². The zero-order valence-electron chi connectivity index (χ0n) is 20.0. The van der Waals surface area contributed by atoms with Gasteiger partial charge in [-0.2, -0.15) is 0 Å². The van der Waals surface area contributed by atoms with Crippen molar-refractivity contribution in [2.45, 2.75) is 53.0 Å². The SMILES string of the molecule is CC(=O)c1cccc(NC(=O)COC(=O)[C@@H](NC(=O)c2ccc(C(C)(C)C)cc2)C(C)C)c1. The molecule has 2 aromatic carbocycles. The monoisotopic (exact) mass is 452 g/mol. The number of ketones is 1. The topological polar surface area (TPSA) is 102 Å². The molecule has 2 rings (SSSR count). The van der Waals surface area contributed by atoms with Gasteiger partial charge in [-0.1, -0.05) is 58.9 Å². The minimum atomic E-state index is -0.909. The molecule has 33 heavy (non-hydrogen) atoms. The number of Topliss-reactive ketones (excluding diaryl/α,β-unsaturated/α-hetero) is 1. The summed E-state index contributed by atoms with van der Waals surface area (Å²) in [5.74, 6) is -2.00. The highest BCUT2D eigenvalue weighted by Gasteiger charge is 2.27. The van der Waals surface area contributed by atoms with Crippen LogP contribution in [0.1, 0.15) is 67.8 Å². The van der Waals surface area contributed by atoms with Crippen LogP contribution in [0.2, 0.25) is 0 Å². The molecule has 0 saturated carbocycles. The smallest absolute Gasteiger partial charge is 0.329 e. The molecule has 0 aromatic heterocycles. The van der Waals surface area contributed by atoms with Crippen LogP contribution in [0, 0.1) is 5.92 Å². The Hall–Kier alpha value is -3.48. The first kappa shape index (κ1) is 25.8. The molecule has 0 spiro atoms. The number of carbonyl (C=O) groups excluding carboxylic acids is 4. The van der Waals surface area contributed by atoms with Gasteiger partial charge in [0.1, 0.15) is 6.04 Å². The molecule has 176 valence electrons. The van der Waals surface area contributed by atoms with Gasteiger partial charge in [-0.05, 0) is 48.1 Å². The number of hydrogen-bond acceptors (Lipinski definition) is 5. The van der Waals surface area contributed by atoms with Crippen molar-refractivity contribution in [2.75, 3.05) is 11.9 Å². The van der Waals surface area contributed by atoms with E-state index in [0.29, 0.717) is 16.8 Å². The standard InChI is InChI=1S/C26H32N2O5/c1-16(2)23(28-24(31)18-10-12-20(13-11-18)26(4,5)6)25(32)33-15-22(30)27-21-9-7-8-19(14-21)17(3)29/h7-14,16,23H,15H2,1-6H3,(H,27,30)(H,28,31)/t23-/m0/s1. The first-order chi connectivity index (χ1) is 15.4. The van der Waals surface area contributed by atoms with Crippen LogP contribution in [0.4, 0.5) is 5.69 Å². The van der Waals surface area contributed by atoms with Crippen LogP contribution in [-0.2, 0) is 19.7 Å². The van der Waals surface area contributed by atoms with Crippen LogP contribution in [0.5, 0.6) is 0 Å². The number of esters is 1. The third kappa shape index (κ3) is 7.56. The van der Waals surface area contributed by atoms with Crippen molar-refractivity contribution in [3.05, 3.63) is 65.2 Å². The molecule has 7 heteroatoms. The molecule has 0 saturated heterocycles. The number of hydrogen-bond donors (Lipinski definition) is 2. The number of anilines is 1. The predicted molar refractivity (Wildman–Crippen MR) is 127 cm³/mol. The highest BCUT2D eigenvalue weighted by atomic mass is 16.5. The minimum absolute atomic E-state index is 0.0345. The second-order valence-electron chi connectivity index (χ2n) is 9.32. The fourth-order valence-corrected chi connectivity index (χ4v) is 3.08. The number of rotatable bonds is 8. The van der Waals surface area contributed by atoms with Crippen molar-refractivity contribution in [3.63, 3.8) is 0 Å². The average molecular weight is 453 g/mol. The molecule has 0 unspecified atom stereocenters. The summed E-state index contributed by atoms with van der Waals surface area (Å²) in [5.41, 5.74) is 2.38. The van der Waals surface area contributed by atoms with Gasteiger partial charge in [-0.15, -0.1) is 0 Å². The van der Waals surface area contributed by atoms with E-state index in [-0.39, 0.29) is 17.1 Å². The predicted octanol–water partition coefficient (Wildman–Crippen LogP) is 4.12. The average Bonchev–Trinajstić information content (AvgIpc) is 2.75. The van der Waals surface area contributed by atoms with Crippen molar-refractivity contribution in [1.82, 2.24) is 5.32 Å². The van der Waals surface area contributed by atoms with Crippen LogP contribution in [0.15, 0.2) is 48.5 Å². The van der Waals surface area contributed by atoms with Gasteiger partial charge in [-0.3, -0.25) is 14.4 Å². The summed E-state index contributed by atoms with van der Waals surface area (Å²) in [6.45, 7) is 10.7. The summed E-state index contributed by atoms with van der Waals surface area (Å²) in [7, 11) is 0. The zero-order valence-corrected chi connectivity index (χ0v) is 20.0. The van der Waals surface area contributed by atoms with Crippen molar-refractivity contribution in [3.8, 4) is 0 Å². The molecule has 0 fully saturated rings. The van der Waals surface area contributed by atoms with Crippen molar-refractivity contribution >= 4 is 29.3 Å². The molecule has 1 atom stereocenters. The Morgan fingerprint density at radius 1 is 0.939 bits per heavy atom. The molecule has 0 heterocycles. The van der Waals surface area contributed by atoms with Gasteiger partial charge in [0.25, 0.3) is 11.8 Å². The molecule has 7 nitrogen and oxygen atoms in total. The lowest BCUT2D eigenvalue weighted by atomic mass is 9.86. The van der Waals surface area contributed by atoms with Crippen LogP contribution in [0.3, 0.4) is 0 Å². The number of benzene rings is 2. The second-order valence-corrected chi connectivity index (χ2v) is 9.32. The maximum atomic E-state index is 12.7. The molecule has 0 aliphatic heterocycles. The molecular weight excluding hydrogens is 420 g/mol. The van der Waals surface area contributed by atoms with Gasteiger partial charge in [-0.25, -0.2) is 4.79 Å². The quantitative estimate of drug-likeness (QED) is 0.463. The Morgan fingerprint density at radius 2 is 1.58 bits per heavy atom. The summed E-state index contributed by atoms with van der Waals surface area (Å²) in [6.07, 6.45) is 0. The Morgan fingerprint density at radius 3 is 2.12 bits per heavy atom. The van der Waals surface area contributed by atoms with Gasteiger partial charge in [0.2, 0.25) is 0 Å². The molecular formula is C26H32N2O5. The van der Waals surface area contributed by atoms with E-state index < -0.39 is 30.4 Å². The lowest BCUT2D eigenvalue weighted by Gasteiger charge is -2.22. The van der Waals surface area contributed by atoms with E-state index in [1.807, 2.05) is 12.1 Å². The zero-order chi connectivity index (χ0) is 24.8. The molecule has 0 aliphatic rings. The van der Waals surface area contributed by atoms with Crippen LogP contribution < -0.4 is 10.6 Å². The maximum absolute atomic E-state index is 12.7.